The fourth-order valence-corrected chi connectivity index (χ4v) is 3.61. The van der Waals surface area contributed by atoms with E-state index in [2.05, 4.69) is 5.32 Å². The highest BCUT2D eigenvalue weighted by Gasteiger charge is 2.32. The van der Waals surface area contributed by atoms with Gasteiger partial charge in [-0.15, -0.1) is 0 Å². The van der Waals surface area contributed by atoms with E-state index in [1.165, 1.54) is 30.3 Å². The van der Waals surface area contributed by atoms with Gasteiger partial charge in [0.2, 0.25) is 5.91 Å². The molecule has 2 aromatic carbocycles. The Morgan fingerprint density at radius 1 is 1.15 bits per heavy atom. The van der Waals surface area contributed by atoms with E-state index >= 15 is 0 Å². The van der Waals surface area contributed by atoms with Crippen LogP contribution in [0.25, 0.3) is 11.1 Å². The van der Waals surface area contributed by atoms with E-state index < -0.39 is 18.0 Å². The third kappa shape index (κ3) is 5.68. The van der Waals surface area contributed by atoms with Gasteiger partial charge in [-0.3, -0.25) is 9.69 Å². The Bertz CT molecular complexity index is 1170. The summed E-state index contributed by atoms with van der Waals surface area (Å²) in [5, 5.41) is 13.7. The minimum Gasteiger partial charge on any atom is -0.619 e. The Morgan fingerprint density at radius 2 is 1.82 bits per heavy atom. The van der Waals surface area contributed by atoms with Gasteiger partial charge in [-0.2, -0.15) is 4.73 Å². The van der Waals surface area contributed by atoms with Crippen molar-refractivity contribution in [3.8, 4) is 11.1 Å². The second-order valence-electron chi connectivity index (χ2n) is 7.97. The molecule has 1 fully saturated rings. The van der Waals surface area contributed by atoms with Gasteiger partial charge in [-0.25, -0.2) is 9.18 Å². The summed E-state index contributed by atoms with van der Waals surface area (Å²) in [6, 6.07) is 15.4. The zero-order valence-corrected chi connectivity index (χ0v) is 18.6. The molecule has 1 aromatic heterocycles. The molecule has 3 aromatic rings. The molecule has 0 unspecified atom stereocenters. The number of halogens is 1. The number of anilines is 1. The molecule has 1 aliphatic heterocycles. The molecule has 0 saturated carbocycles. The molecule has 8 nitrogen and oxygen atoms in total. The lowest BCUT2D eigenvalue weighted by Crippen LogP contribution is -2.33. The van der Waals surface area contributed by atoms with Crippen molar-refractivity contribution in [2.45, 2.75) is 26.2 Å². The molecule has 9 heteroatoms. The first-order valence-corrected chi connectivity index (χ1v) is 10.8. The minimum absolute atomic E-state index is 0.208. The first kappa shape index (κ1) is 23.2. The standard InChI is InChI=1S/C25H24FN3O5/c1-17(30)27-13-22-14-29(25(31)34-22)21-6-7-23(24(26)12-21)20-4-2-18(3-5-20)15-33-16-19-8-10-28(32)11-9-19/h2-12,22H,13-16H2,1H3,(H,27,30)/t22-/m0/s1. The van der Waals surface area contributed by atoms with E-state index in [9.17, 15) is 19.2 Å². The van der Waals surface area contributed by atoms with E-state index in [1.807, 2.05) is 24.3 Å². The number of hydrogen-bond acceptors (Lipinski definition) is 5. The molecule has 0 aliphatic carbocycles. The highest BCUT2D eigenvalue weighted by Crippen LogP contribution is 2.29. The molecule has 34 heavy (non-hydrogen) atoms. The normalized spacial score (nSPS) is 15.3. The lowest BCUT2D eigenvalue weighted by atomic mass is 10.0. The van der Waals surface area contributed by atoms with Gasteiger partial charge < -0.3 is 20.0 Å². The van der Waals surface area contributed by atoms with E-state index in [1.54, 1.807) is 24.3 Å². The summed E-state index contributed by atoms with van der Waals surface area (Å²) in [6.45, 7) is 2.58. The zero-order valence-electron chi connectivity index (χ0n) is 18.6. The number of ether oxygens (including phenoxy) is 2. The largest absolute Gasteiger partial charge is 0.619 e. The van der Waals surface area contributed by atoms with Crippen LogP contribution in [0.3, 0.4) is 0 Å². The first-order valence-electron chi connectivity index (χ1n) is 10.8. The molecular weight excluding hydrogens is 441 g/mol. The summed E-state index contributed by atoms with van der Waals surface area (Å²) >= 11 is 0. The summed E-state index contributed by atoms with van der Waals surface area (Å²) in [6.07, 6.45) is 1.78. The third-order valence-corrected chi connectivity index (χ3v) is 5.39. The summed E-state index contributed by atoms with van der Waals surface area (Å²) < 4.78 is 26.5. The predicted octanol–water partition coefficient (Wildman–Crippen LogP) is 3.30. The quantitative estimate of drug-likeness (QED) is 0.407. The van der Waals surface area contributed by atoms with E-state index in [0.717, 1.165) is 15.9 Å². The first-order chi connectivity index (χ1) is 16.4. The van der Waals surface area contributed by atoms with Crippen LogP contribution in [0.15, 0.2) is 67.0 Å². The molecule has 0 spiro atoms. The fourth-order valence-electron chi connectivity index (χ4n) is 3.61. The summed E-state index contributed by atoms with van der Waals surface area (Å²) in [5.74, 6) is -0.670. The van der Waals surface area contributed by atoms with Gasteiger partial charge in [0.1, 0.15) is 11.9 Å². The lowest BCUT2D eigenvalue weighted by Gasteiger charge is -2.15. The number of nitrogens with zero attached hydrogens (tertiary/aromatic N) is 2. The average Bonchev–Trinajstić information content (AvgIpc) is 3.20. The number of hydrogen-bond donors (Lipinski definition) is 1. The number of carbonyl (C=O) groups excluding carboxylic acids is 2. The van der Waals surface area contributed by atoms with Gasteiger partial charge in [0.05, 0.1) is 32.0 Å². The topological polar surface area (TPSA) is 94.8 Å². The second-order valence-corrected chi connectivity index (χ2v) is 7.97. The van der Waals surface area contributed by atoms with Crippen molar-refractivity contribution >= 4 is 17.7 Å². The van der Waals surface area contributed by atoms with Gasteiger partial charge in [0.15, 0.2) is 12.4 Å². The van der Waals surface area contributed by atoms with Crippen molar-refractivity contribution in [3.05, 3.63) is 89.1 Å². The zero-order chi connectivity index (χ0) is 24.1. The molecule has 4 rings (SSSR count). The summed E-state index contributed by atoms with van der Waals surface area (Å²) in [5.41, 5.74) is 3.33. The number of amides is 2. The van der Waals surface area contributed by atoms with Crippen LogP contribution in [0, 0.1) is 11.0 Å². The number of benzene rings is 2. The van der Waals surface area contributed by atoms with E-state index in [4.69, 9.17) is 9.47 Å². The van der Waals surface area contributed by atoms with Crippen LogP contribution in [0.2, 0.25) is 0 Å². The van der Waals surface area contributed by atoms with Gasteiger partial charge >= 0.3 is 6.09 Å². The molecule has 1 atom stereocenters. The van der Waals surface area contributed by atoms with Crippen LogP contribution in [0.1, 0.15) is 18.1 Å². The van der Waals surface area contributed by atoms with Crippen molar-refractivity contribution in [2.75, 3.05) is 18.0 Å². The highest BCUT2D eigenvalue weighted by atomic mass is 19.1. The van der Waals surface area contributed by atoms with Crippen LogP contribution >= 0.6 is 0 Å². The van der Waals surface area contributed by atoms with E-state index in [-0.39, 0.29) is 19.0 Å². The van der Waals surface area contributed by atoms with Crippen molar-refractivity contribution < 1.29 is 28.2 Å². The number of nitrogens with one attached hydrogen (secondary N) is 1. The second kappa shape index (κ2) is 10.3. The molecule has 2 amide bonds. The smallest absolute Gasteiger partial charge is 0.414 e. The van der Waals surface area contributed by atoms with Gasteiger partial charge in [0, 0.05) is 24.6 Å². The Labute approximate surface area is 196 Å². The summed E-state index contributed by atoms with van der Waals surface area (Å²) in [7, 11) is 0. The van der Waals surface area contributed by atoms with E-state index in [0.29, 0.717) is 30.0 Å². The minimum atomic E-state index is -0.574. The number of aromatic nitrogens is 1. The Hall–Kier alpha value is -3.98. The van der Waals surface area contributed by atoms with Crippen LogP contribution in [-0.4, -0.2) is 31.2 Å². The van der Waals surface area contributed by atoms with Crippen LogP contribution in [-0.2, 0) is 27.5 Å². The van der Waals surface area contributed by atoms with Gasteiger partial charge in [-0.05, 0) is 34.9 Å². The fraction of sp³-hybridized carbons (Fsp3) is 0.240. The maximum Gasteiger partial charge on any atom is 0.414 e. The van der Waals surface area contributed by atoms with Crippen LogP contribution in [0.4, 0.5) is 14.9 Å². The molecule has 1 N–H and O–H groups in total. The molecule has 1 saturated heterocycles. The molecule has 176 valence electrons. The average molecular weight is 465 g/mol. The highest BCUT2D eigenvalue weighted by molar-refractivity contribution is 5.90. The summed E-state index contributed by atoms with van der Waals surface area (Å²) in [4.78, 5) is 24.6. The number of pyridine rings is 1. The SMILES string of the molecule is CC(=O)NC[C@H]1CN(c2ccc(-c3ccc(COCc4cc[n+]([O-])cc4)cc3)c(F)c2)C(=O)O1. The molecule has 1 aliphatic rings. The number of carbonyl (C=O) groups is 2. The third-order valence-electron chi connectivity index (χ3n) is 5.39. The maximum absolute atomic E-state index is 14.9. The Kier molecular flexibility index (Phi) is 7.03. The Morgan fingerprint density at radius 3 is 2.47 bits per heavy atom. The van der Waals surface area contributed by atoms with Crippen LogP contribution < -0.4 is 14.9 Å². The van der Waals surface area contributed by atoms with Gasteiger partial charge in [0.25, 0.3) is 0 Å². The van der Waals surface area contributed by atoms with Crippen LogP contribution in [0.5, 0.6) is 0 Å². The Balaban J connectivity index is 1.36. The van der Waals surface area contributed by atoms with Crippen molar-refractivity contribution in [3.63, 3.8) is 0 Å². The monoisotopic (exact) mass is 465 g/mol. The molecule has 0 bridgehead atoms. The van der Waals surface area contributed by atoms with Crippen molar-refractivity contribution in [1.82, 2.24) is 5.32 Å². The maximum atomic E-state index is 14.9. The lowest BCUT2D eigenvalue weighted by molar-refractivity contribution is -0.605. The molecule has 0 radical (unpaired) electrons. The molecule has 2 heterocycles. The number of rotatable bonds is 8. The number of cyclic esters (lactones) is 1. The van der Waals surface area contributed by atoms with Gasteiger partial charge in [-0.1, -0.05) is 24.3 Å². The van der Waals surface area contributed by atoms with Crippen molar-refractivity contribution in [2.24, 2.45) is 0 Å². The van der Waals surface area contributed by atoms with Crippen molar-refractivity contribution in [1.29, 1.82) is 0 Å². The molecular formula is C25H24FN3O5. The predicted molar refractivity (Wildman–Crippen MR) is 122 cm³/mol.